The van der Waals surface area contributed by atoms with Crippen LogP contribution < -0.4 is 10.6 Å². The van der Waals surface area contributed by atoms with Crippen LogP contribution in [0.4, 0.5) is 0 Å². The summed E-state index contributed by atoms with van der Waals surface area (Å²) in [7, 11) is 2.12. The Morgan fingerprint density at radius 3 is 2.88 bits per heavy atom. The van der Waals surface area contributed by atoms with E-state index in [-0.39, 0.29) is 0 Å². The second-order valence-corrected chi connectivity index (χ2v) is 4.44. The lowest BCUT2D eigenvalue weighted by Gasteiger charge is -2.06. The van der Waals surface area contributed by atoms with Crippen molar-refractivity contribution in [2.24, 2.45) is 13.0 Å². The largest absolute Gasteiger partial charge is 0.344 e. The molecule has 1 aliphatic carbocycles. The van der Waals surface area contributed by atoms with Crippen LogP contribution in [-0.4, -0.2) is 4.57 Å². The predicted molar refractivity (Wildman–Crippen MR) is 72.2 cm³/mol. The van der Waals surface area contributed by atoms with Crippen molar-refractivity contribution in [2.75, 3.05) is 0 Å². The smallest absolute Gasteiger partial charge is 0.0482 e. The number of rotatable bonds is 2. The van der Waals surface area contributed by atoms with Gasteiger partial charge in [0.25, 0.3) is 0 Å². The Kier molecular flexibility index (Phi) is 2.86. The predicted octanol–water partition coefficient (Wildman–Crippen LogP) is 2.30. The average Bonchev–Trinajstić information content (AvgIpc) is 2.53. The van der Waals surface area contributed by atoms with Crippen LogP contribution in [0.1, 0.15) is 31.5 Å². The molecule has 1 atom stereocenters. The summed E-state index contributed by atoms with van der Waals surface area (Å²) >= 11 is 0. The van der Waals surface area contributed by atoms with Gasteiger partial charge in [0.2, 0.25) is 0 Å². The molecule has 1 aromatic heterocycles. The van der Waals surface area contributed by atoms with Crippen LogP contribution in [0, 0.1) is 5.92 Å². The first kappa shape index (κ1) is 11.0. The van der Waals surface area contributed by atoms with Crippen LogP contribution in [0.3, 0.4) is 0 Å². The van der Waals surface area contributed by atoms with Crippen LogP contribution in [0.2, 0.25) is 0 Å². The van der Waals surface area contributed by atoms with Crippen molar-refractivity contribution in [1.82, 2.24) is 4.57 Å². The Bertz CT molecular complexity index is 555. The van der Waals surface area contributed by atoms with E-state index in [1.807, 2.05) is 6.08 Å². The summed E-state index contributed by atoms with van der Waals surface area (Å²) in [6, 6.07) is 0. The molecule has 1 heterocycles. The van der Waals surface area contributed by atoms with E-state index in [1.54, 1.807) is 0 Å². The molecule has 0 amide bonds. The van der Waals surface area contributed by atoms with Crippen LogP contribution in [0.15, 0.2) is 12.7 Å². The van der Waals surface area contributed by atoms with Crippen molar-refractivity contribution in [2.45, 2.75) is 20.3 Å². The minimum Gasteiger partial charge on any atom is -0.344 e. The molecule has 0 saturated heterocycles. The maximum atomic E-state index is 3.91. The highest BCUT2D eigenvalue weighted by atomic mass is 14.9. The zero-order chi connectivity index (χ0) is 11.7. The number of fused-ring (bicyclic) bond motifs is 1. The molecule has 1 aliphatic rings. The number of hydrogen-bond acceptors (Lipinski definition) is 0. The molecule has 0 fully saturated rings. The Morgan fingerprint density at radius 1 is 1.50 bits per heavy atom. The quantitative estimate of drug-likeness (QED) is 0.710. The van der Waals surface area contributed by atoms with Gasteiger partial charge in [-0.25, -0.2) is 0 Å². The van der Waals surface area contributed by atoms with E-state index in [0.29, 0.717) is 5.92 Å². The zero-order valence-corrected chi connectivity index (χ0v) is 10.3. The normalized spacial score (nSPS) is 19.1. The van der Waals surface area contributed by atoms with E-state index in [2.05, 4.69) is 56.3 Å². The molecule has 1 nitrogen and oxygen atoms in total. The number of hydrogen-bond donors (Lipinski definition) is 0. The van der Waals surface area contributed by atoms with Gasteiger partial charge in [0, 0.05) is 28.9 Å². The molecule has 0 aliphatic heterocycles. The van der Waals surface area contributed by atoms with Gasteiger partial charge >= 0.3 is 0 Å². The summed E-state index contributed by atoms with van der Waals surface area (Å²) in [6.45, 7) is 8.23. The summed E-state index contributed by atoms with van der Waals surface area (Å²) in [5.41, 5.74) is 2.52. The van der Waals surface area contributed by atoms with Crippen LogP contribution >= 0.6 is 0 Å². The van der Waals surface area contributed by atoms with Crippen molar-refractivity contribution in [3.63, 3.8) is 0 Å². The van der Waals surface area contributed by atoms with E-state index in [1.165, 1.54) is 21.8 Å². The van der Waals surface area contributed by atoms with Crippen molar-refractivity contribution in [3.8, 4) is 0 Å². The highest BCUT2D eigenvalue weighted by Crippen LogP contribution is 2.12. The van der Waals surface area contributed by atoms with Gasteiger partial charge < -0.3 is 4.57 Å². The summed E-state index contributed by atoms with van der Waals surface area (Å²) in [5, 5.41) is 2.70. The average molecular weight is 213 g/mol. The van der Waals surface area contributed by atoms with Crippen molar-refractivity contribution < 1.29 is 0 Å². The molecule has 1 aromatic rings. The lowest BCUT2D eigenvalue weighted by atomic mass is 10.0. The molecule has 0 spiro atoms. The standard InChI is InChI=1S/C15H19N/c1-5-7-12-13-9-8-11(3)10-15(13)16(4)14(12)6-2/h5-7,9-11H,2,8H2,1,3-4H3/b7-5-. The summed E-state index contributed by atoms with van der Waals surface area (Å²) in [6.07, 6.45) is 12.1. The zero-order valence-electron chi connectivity index (χ0n) is 10.3. The first-order valence-electron chi connectivity index (χ1n) is 5.85. The summed E-state index contributed by atoms with van der Waals surface area (Å²) in [4.78, 5) is 0. The fourth-order valence-electron chi connectivity index (χ4n) is 2.41. The molecule has 2 rings (SSSR count). The summed E-state index contributed by atoms with van der Waals surface area (Å²) in [5.74, 6) is 0.636. The first-order chi connectivity index (χ1) is 7.69. The molecule has 0 aromatic carbocycles. The molecule has 0 radical (unpaired) electrons. The van der Waals surface area contributed by atoms with Crippen molar-refractivity contribution in [1.29, 1.82) is 0 Å². The van der Waals surface area contributed by atoms with E-state index < -0.39 is 0 Å². The molecule has 16 heavy (non-hydrogen) atoms. The molecule has 1 unspecified atom stereocenters. The van der Waals surface area contributed by atoms with Gasteiger partial charge in [-0.1, -0.05) is 37.8 Å². The lowest BCUT2D eigenvalue weighted by Crippen LogP contribution is -2.32. The Balaban J connectivity index is 2.87. The Labute approximate surface area is 97.1 Å². The van der Waals surface area contributed by atoms with Crippen LogP contribution in [-0.2, 0) is 7.05 Å². The molecule has 1 heteroatoms. The van der Waals surface area contributed by atoms with E-state index in [4.69, 9.17) is 0 Å². The van der Waals surface area contributed by atoms with Gasteiger partial charge in [-0.2, -0.15) is 0 Å². The maximum absolute atomic E-state index is 3.91. The Hall–Kier alpha value is -1.50. The van der Waals surface area contributed by atoms with Gasteiger partial charge in [0.15, 0.2) is 0 Å². The minimum atomic E-state index is 0.636. The van der Waals surface area contributed by atoms with Gasteiger partial charge in [-0.3, -0.25) is 0 Å². The van der Waals surface area contributed by atoms with Gasteiger partial charge in [-0.05, 0) is 25.3 Å². The van der Waals surface area contributed by atoms with Crippen molar-refractivity contribution in [3.05, 3.63) is 34.5 Å². The number of nitrogens with zero attached hydrogens (tertiary/aromatic N) is 1. The Morgan fingerprint density at radius 2 is 2.25 bits per heavy atom. The number of aromatic nitrogens is 1. The second-order valence-electron chi connectivity index (χ2n) is 4.44. The number of allylic oxidation sites excluding steroid dienone is 1. The monoisotopic (exact) mass is 213 g/mol. The van der Waals surface area contributed by atoms with Gasteiger partial charge in [0.1, 0.15) is 0 Å². The van der Waals surface area contributed by atoms with E-state index in [0.717, 1.165) is 6.42 Å². The van der Waals surface area contributed by atoms with Gasteiger partial charge in [-0.15, -0.1) is 0 Å². The first-order valence-corrected chi connectivity index (χ1v) is 5.85. The highest BCUT2D eigenvalue weighted by molar-refractivity contribution is 5.65. The fraction of sp³-hybridized carbons (Fsp3) is 0.333. The maximum Gasteiger partial charge on any atom is 0.0482 e. The molecular formula is C15H19N. The fourth-order valence-corrected chi connectivity index (χ4v) is 2.41. The van der Waals surface area contributed by atoms with E-state index in [9.17, 15) is 0 Å². The molecule has 0 saturated carbocycles. The van der Waals surface area contributed by atoms with Gasteiger partial charge in [0.05, 0.1) is 0 Å². The minimum absolute atomic E-state index is 0.636. The lowest BCUT2D eigenvalue weighted by molar-refractivity contribution is 0.777. The van der Waals surface area contributed by atoms with Crippen LogP contribution in [0.5, 0.6) is 0 Å². The highest BCUT2D eigenvalue weighted by Gasteiger charge is 2.11. The van der Waals surface area contributed by atoms with E-state index >= 15 is 0 Å². The second kappa shape index (κ2) is 4.17. The third-order valence-electron chi connectivity index (χ3n) is 3.23. The SMILES string of the molecule is C=Cc1c(/C=C\C)c2c(n1C)=CC(C)CC=2. The third-order valence-corrected chi connectivity index (χ3v) is 3.23. The topological polar surface area (TPSA) is 4.93 Å². The molecule has 0 bridgehead atoms. The summed E-state index contributed by atoms with van der Waals surface area (Å²) < 4.78 is 2.24. The molecular weight excluding hydrogens is 194 g/mol. The molecule has 84 valence electrons. The third kappa shape index (κ3) is 1.57. The van der Waals surface area contributed by atoms with Crippen molar-refractivity contribution >= 4 is 24.3 Å². The van der Waals surface area contributed by atoms with Crippen LogP contribution in [0.25, 0.3) is 24.3 Å². The molecule has 0 N–H and O–H groups in total.